The molecule has 0 amide bonds. The van der Waals surface area contributed by atoms with Crippen molar-refractivity contribution in [1.82, 2.24) is 0 Å². The maximum atomic E-state index is 15.9. The van der Waals surface area contributed by atoms with E-state index in [2.05, 4.69) is 0 Å². The van der Waals surface area contributed by atoms with E-state index in [1.807, 2.05) is 55.4 Å². The number of benzene rings is 2. The van der Waals surface area contributed by atoms with Gasteiger partial charge in [0.2, 0.25) is 0 Å². The van der Waals surface area contributed by atoms with E-state index in [1.54, 1.807) is 48.5 Å². The number of halogens is 6. The van der Waals surface area contributed by atoms with Crippen molar-refractivity contribution in [3.63, 3.8) is 0 Å². The number of allylic oxidation sites excluding steroid dienone is 2. The molecule has 2 aromatic heterocycles. The Bertz CT molecular complexity index is 1940. The van der Waals surface area contributed by atoms with Gasteiger partial charge in [0.05, 0.1) is 22.4 Å². The number of alkyl halides is 6. The van der Waals surface area contributed by atoms with Crippen LogP contribution in [0.2, 0.25) is 0 Å². The van der Waals surface area contributed by atoms with Crippen molar-refractivity contribution < 1.29 is 45.0 Å². The first-order chi connectivity index (χ1) is 24.3. The first-order valence-corrected chi connectivity index (χ1v) is 19.0. The second-order valence-electron chi connectivity index (χ2n) is 16.1. The quantitative estimate of drug-likeness (QED) is 0.145. The number of rotatable bonds is 6. The van der Waals surface area contributed by atoms with Crippen LogP contribution in [0.3, 0.4) is 0 Å². The van der Waals surface area contributed by atoms with Gasteiger partial charge in [-0.2, -0.15) is 26.3 Å². The highest BCUT2D eigenvalue weighted by atomic mass is 32.1. The molecule has 3 aliphatic rings. The summed E-state index contributed by atoms with van der Waals surface area (Å²) in [7, 11) is -1.26. The SMILES string of the molecule is Cc1sc(-c2ccc(B3OC(C)(C)C(C)(C)O3)cc2)cc1C1=C(c2cc(-c3ccc(B4OC(C)(C)C(C)(C)O4)cc3)sc2C)C(F)(F)C(F)(F)C1(F)F. The van der Waals surface area contributed by atoms with Crippen molar-refractivity contribution in [3.8, 4) is 20.9 Å². The summed E-state index contributed by atoms with van der Waals surface area (Å²) in [6.45, 7) is 18.4. The minimum absolute atomic E-state index is 0.210. The highest BCUT2D eigenvalue weighted by molar-refractivity contribution is 7.16. The Hall–Kier alpha value is -2.87. The molecule has 0 unspecified atom stereocenters. The zero-order valence-corrected chi connectivity index (χ0v) is 32.8. The van der Waals surface area contributed by atoms with Crippen molar-refractivity contribution in [3.05, 3.63) is 81.5 Å². The van der Waals surface area contributed by atoms with Gasteiger partial charge >= 0.3 is 32.0 Å². The fourth-order valence-corrected chi connectivity index (χ4v) is 8.81. The van der Waals surface area contributed by atoms with Crippen molar-refractivity contribution in [2.75, 3.05) is 0 Å². The summed E-state index contributed by atoms with van der Waals surface area (Å²) in [5.41, 5.74) is -2.94. The Balaban J connectivity index is 1.25. The molecule has 2 fully saturated rings. The molecule has 0 N–H and O–H groups in total. The number of hydrogen-bond acceptors (Lipinski definition) is 6. The van der Waals surface area contributed by atoms with E-state index in [0.29, 0.717) is 20.9 Å². The lowest BCUT2D eigenvalue weighted by molar-refractivity contribution is -0.254. The van der Waals surface area contributed by atoms with Gasteiger partial charge in [0.25, 0.3) is 0 Å². The van der Waals surface area contributed by atoms with Gasteiger partial charge in [0, 0.05) is 30.7 Å². The smallest absolute Gasteiger partial charge is 0.399 e. The third kappa shape index (κ3) is 5.80. The van der Waals surface area contributed by atoms with Crippen molar-refractivity contribution >= 4 is 59.0 Å². The van der Waals surface area contributed by atoms with Crippen LogP contribution >= 0.6 is 22.7 Å². The molecule has 1 aliphatic carbocycles. The topological polar surface area (TPSA) is 36.9 Å². The van der Waals surface area contributed by atoms with E-state index in [4.69, 9.17) is 18.6 Å². The molecule has 7 rings (SSSR count). The summed E-state index contributed by atoms with van der Waals surface area (Å²) < 4.78 is 119. The van der Waals surface area contributed by atoms with Crippen LogP contribution in [0.15, 0.2) is 60.7 Å². The van der Waals surface area contributed by atoms with E-state index in [0.717, 1.165) is 33.6 Å². The number of aryl methyl sites for hydroxylation is 2. The Kier molecular flexibility index (Phi) is 8.74. The zero-order valence-electron chi connectivity index (χ0n) is 31.1. The Morgan fingerprint density at radius 2 is 0.755 bits per heavy atom. The van der Waals surface area contributed by atoms with E-state index in [-0.39, 0.29) is 20.9 Å². The van der Waals surface area contributed by atoms with Gasteiger partial charge in [-0.15, -0.1) is 22.7 Å². The molecule has 4 heterocycles. The second-order valence-corrected chi connectivity index (χ2v) is 18.6. The van der Waals surface area contributed by atoms with Gasteiger partial charge in [-0.25, -0.2) is 0 Å². The molecule has 2 saturated heterocycles. The lowest BCUT2D eigenvalue weighted by Gasteiger charge is -2.32. The molecule has 14 heteroatoms. The predicted octanol–water partition coefficient (Wildman–Crippen LogP) is 10.2. The van der Waals surface area contributed by atoms with Gasteiger partial charge in [0.15, 0.2) is 0 Å². The third-order valence-electron chi connectivity index (χ3n) is 11.5. The molecule has 0 atom stereocenters. The van der Waals surface area contributed by atoms with Crippen LogP contribution in [0.5, 0.6) is 0 Å². The molecule has 2 aliphatic heterocycles. The summed E-state index contributed by atoms with van der Waals surface area (Å²) in [6, 6.07) is 16.7. The normalized spacial score (nSPS) is 23.3. The average molecular weight is 772 g/mol. The fraction of sp³-hybridized carbons (Fsp3) is 0.436. The molecule has 4 aromatic rings. The molecule has 0 radical (unpaired) electrons. The predicted molar refractivity (Wildman–Crippen MR) is 202 cm³/mol. The molecular weight excluding hydrogens is 732 g/mol. The standard InChI is InChI=1S/C39H40B2F6O4S2/c1-21-27(19-29(52-21)23-11-15-25(16-12-23)40-48-33(3,4)34(5,6)49-40)31-32(38(44,45)39(46,47)37(31,42)43)28-20-30(53-22(28)2)24-13-17-26(18-14-24)41-50-35(7,8)36(9,10)51-41/h11-20H,1-10H3. The monoisotopic (exact) mass is 772 g/mol. The van der Waals surface area contributed by atoms with Gasteiger partial charge in [-0.1, -0.05) is 48.5 Å². The largest absolute Gasteiger partial charge is 0.494 e. The molecule has 0 bridgehead atoms. The lowest BCUT2D eigenvalue weighted by Crippen LogP contribution is -2.48. The summed E-state index contributed by atoms with van der Waals surface area (Å²) in [5.74, 6) is -16.0. The summed E-state index contributed by atoms with van der Waals surface area (Å²) in [6.07, 6.45) is 0. The van der Waals surface area contributed by atoms with Gasteiger partial charge in [-0.05, 0) is 115 Å². The van der Waals surface area contributed by atoms with Crippen molar-refractivity contribution in [1.29, 1.82) is 0 Å². The highest BCUT2D eigenvalue weighted by Gasteiger charge is 2.80. The molecule has 53 heavy (non-hydrogen) atoms. The number of thiophene rings is 2. The van der Waals surface area contributed by atoms with Crippen LogP contribution in [0.4, 0.5) is 26.3 Å². The maximum Gasteiger partial charge on any atom is 0.494 e. The van der Waals surface area contributed by atoms with Gasteiger partial charge in [-0.3, -0.25) is 0 Å². The molecule has 2 aromatic carbocycles. The first-order valence-electron chi connectivity index (χ1n) is 17.3. The summed E-state index contributed by atoms with van der Waals surface area (Å²) in [4.78, 5) is 1.34. The van der Waals surface area contributed by atoms with Crippen LogP contribution in [-0.2, 0) is 18.6 Å². The van der Waals surface area contributed by atoms with Crippen LogP contribution in [0.25, 0.3) is 32.0 Å². The van der Waals surface area contributed by atoms with Crippen LogP contribution in [0, 0.1) is 13.8 Å². The zero-order chi connectivity index (χ0) is 38.9. The van der Waals surface area contributed by atoms with E-state index >= 15 is 26.3 Å². The van der Waals surface area contributed by atoms with Crippen LogP contribution in [-0.4, -0.2) is 54.4 Å². The average Bonchev–Trinajstić information content (AvgIpc) is 3.76. The van der Waals surface area contributed by atoms with Crippen molar-refractivity contribution in [2.24, 2.45) is 0 Å². The van der Waals surface area contributed by atoms with Crippen molar-refractivity contribution in [2.45, 2.75) is 109 Å². The van der Waals surface area contributed by atoms with Crippen LogP contribution in [0.1, 0.15) is 76.3 Å². The summed E-state index contributed by atoms with van der Waals surface area (Å²) in [5, 5.41) is 0. The molecule has 280 valence electrons. The van der Waals surface area contributed by atoms with E-state index in [1.165, 1.54) is 26.0 Å². The highest BCUT2D eigenvalue weighted by Crippen LogP contribution is 2.66. The third-order valence-corrected chi connectivity index (χ3v) is 13.7. The fourth-order valence-electron chi connectivity index (χ4n) is 6.75. The number of hydrogen-bond donors (Lipinski definition) is 0. The molecular formula is C39H40B2F6O4S2. The van der Waals surface area contributed by atoms with Gasteiger partial charge < -0.3 is 18.6 Å². The minimum atomic E-state index is -5.66. The second kappa shape index (κ2) is 12.1. The Morgan fingerprint density at radius 3 is 1.04 bits per heavy atom. The first kappa shape index (κ1) is 38.4. The van der Waals surface area contributed by atoms with E-state index < -0.39 is 65.6 Å². The Labute approximate surface area is 314 Å². The molecule has 0 saturated carbocycles. The van der Waals surface area contributed by atoms with E-state index in [9.17, 15) is 0 Å². The Morgan fingerprint density at radius 1 is 0.472 bits per heavy atom. The van der Waals surface area contributed by atoms with Gasteiger partial charge in [0.1, 0.15) is 0 Å². The minimum Gasteiger partial charge on any atom is -0.399 e. The molecule has 0 spiro atoms. The maximum absolute atomic E-state index is 15.9. The van der Waals surface area contributed by atoms with Crippen LogP contribution < -0.4 is 10.9 Å². The lowest BCUT2D eigenvalue weighted by atomic mass is 9.79. The molecule has 4 nitrogen and oxygen atoms in total. The summed E-state index contributed by atoms with van der Waals surface area (Å²) >= 11 is 2.14.